The van der Waals surface area contributed by atoms with Gasteiger partial charge in [-0.2, -0.15) is 5.10 Å². The van der Waals surface area contributed by atoms with Gasteiger partial charge in [0.05, 0.1) is 5.69 Å². The Morgan fingerprint density at radius 3 is 2.64 bits per heavy atom. The van der Waals surface area contributed by atoms with Gasteiger partial charge in [0.2, 0.25) is 5.95 Å². The zero-order valence-corrected chi connectivity index (χ0v) is 18.3. The quantitative estimate of drug-likeness (QED) is 0.382. The summed E-state index contributed by atoms with van der Waals surface area (Å²) in [6.45, 7) is 4.74. The van der Waals surface area contributed by atoms with Gasteiger partial charge < -0.3 is 20.3 Å². The summed E-state index contributed by atoms with van der Waals surface area (Å²) in [5, 5.41) is 4.25. The summed E-state index contributed by atoms with van der Waals surface area (Å²) < 4.78 is 7.80. The highest BCUT2D eigenvalue weighted by molar-refractivity contribution is 14.0. The number of anilines is 1. The van der Waals surface area contributed by atoms with Crippen molar-refractivity contribution in [3.63, 3.8) is 0 Å². The summed E-state index contributed by atoms with van der Waals surface area (Å²) >= 11 is 0. The van der Waals surface area contributed by atoms with E-state index in [0.717, 1.165) is 50.8 Å². The Bertz CT molecular complexity index is 775. The zero-order valence-electron chi connectivity index (χ0n) is 16.0. The molecule has 0 saturated carbocycles. The summed E-state index contributed by atoms with van der Waals surface area (Å²) in [5.74, 6) is 1.71. The Balaban J connectivity index is 0.00000225. The van der Waals surface area contributed by atoms with Gasteiger partial charge in [-0.3, -0.25) is 9.67 Å². The average molecular weight is 498 g/mol. The Hall–Kier alpha value is -1.95. The van der Waals surface area contributed by atoms with Crippen molar-refractivity contribution < 1.29 is 4.74 Å². The van der Waals surface area contributed by atoms with Crippen molar-refractivity contribution in [2.75, 3.05) is 44.2 Å². The lowest BCUT2D eigenvalue weighted by atomic mass is 9.99. The minimum atomic E-state index is 0. The van der Waals surface area contributed by atoms with Crippen LogP contribution in [0.15, 0.2) is 35.7 Å². The van der Waals surface area contributed by atoms with E-state index in [1.165, 1.54) is 0 Å². The molecule has 2 saturated heterocycles. The van der Waals surface area contributed by atoms with E-state index in [9.17, 15) is 0 Å². The first kappa shape index (κ1) is 20.8. The molecule has 2 aromatic heterocycles. The van der Waals surface area contributed by atoms with Crippen molar-refractivity contribution in [1.82, 2.24) is 24.6 Å². The third kappa shape index (κ3) is 4.54. The van der Waals surface area contributed by atoms with Crippen LogP contribution in [0.5, 0.6) is 0 Å². The van der Waals surface area contributed by atoms with Crippen molar-refractivity contribution in [2.24, 2.45) is 23.7 Å². The summed E-state index contributed by atoms with van der Waals surface area (Å²) in [4.78, 5) is 17.6. The van der Waals surface area contributed by atoms with E-state index >= 15 is 0 Å². The largest absolute Gasteiger partial charge is 0.372 e. The van der Waals surface area contributed by atoms with Crippen LogP contribution in [0, 0.1) is 5.92 Å². The smallest absolute Gasteiger partial charge is 0.225 e. The van der Waals surface area contributed by atoms with Crippen LogP contribution in [-0.4, -0.2) is 69.9 Å². The average Bonchev–Trinajstić information content (AvgIpc) is 3.35. The number of aromatic nitrogens is 4. The predicted molar refractivity (Wildman–Crippen MR) is 118 cm³/mol. The van der Waals surface area contributed by atoms with Gasteiger partial charge in [-0.25, -0.2) is 9.97 Å². The minimum absolute atomic E-state index is 0. The lowest BCUT2D eigenvalue weighted by Crippen LogP contribution is -2.51. The molecule has 0 unspecified atom stereocenters. The Kier molecular flexibility index (Phi) is 7.05. The number of ether oxygens (including phenoxy) is 1. The minimum Gasteiger partial charge on any atom is -0.372 e. The van der Waals surface area contributed by atoms with Gasteiger partial charge in [0, 0.05) is 70.9 Å². The third-order valence-corrected chi connectivity index (χ3v) is 5.29. The second kappa shape index (κ2) is 9.50. The maximum Gasteiger partial charge on any atom is 0.225 e. The van der Waals surface area contributed by atoms with Crippen LogP contribution >= 0.6 is 24.0 Å². The molecule has 10 heteroatoms. The summed E-state index contributed by atoms with van der Waals surface area (Å²) in [6, 6.07) is 3.84. The lowest BCUT2D eigenvalue weighted by Gasteiger charge is -2.35. The van der Waals surface area contributed by atoms with Gasteiger partial charge >= 0.3 is 0 Å². The number of piperazine rings is 1. The molecular weight excluding hydrogens is 471 g/mol. The molecule has 0 radical (unpaired) electrons. The number of rotatable bonds is 4. The molecular formula is C18H27IN8O. The second-order valence-electron chi connectivity index (χ2n) is 6.94. The summed E-state index contributed by atoms with van der Waals surface area (Å²) in [6.07, 6.45) is 6.38. The van der Waals surface area contributed by atoms with E-state index in [1.54, 1.807) is 12.4 Å². The molecule has 0 spiro atoms. The molecule has 28 heavy (non-hydrogen) atoms. The third-order valence-electron chi connectivity index (χ3n) is 5.29. The molecule has 2 N–H and O–H groups in total. The van der Waals surface area contributed by atoms with Crippen molar-refractivity contribution in [1.29, 1.82) is 0 Å². The number of guanidine groups is 1. The first-order valence-corrected chi connectivity index (χ1v) is 9.38. The first-order valence-electron chi connectivity index (χ1n) is 9.38. The topological polar surface area (TPSA) is 97.7 Å². The molecule has 2 aliphatic rings. The van der Waals surface area contributed by atoms with E-state index in [-0.39, 0.29) is 30.1 Å². The molecule has 2 fully saturated rings. The SMILES string of the molecule is Cn1nccc1[C@@H]1OCC[C@H]1CN=C(N)N1CCN(c2ncccn2)CC1.I. The van der Waals surface area contributed by atoms with Gasteiger partial charge in [0.25, 0.3) is 0 Å². The normalized spacial score (nSPS) is 23.0. The molecule has 0 amide bonds. The van der Waals surface area contributed by atoms with E-state index in [2.05, 4.69) is 29.9 Å². The van der Waals surface area contributed by atoms with Crippen LogP contribution in [-0.2, 0) is 11.8 Å². The number of nitrogens with two attached hydrogens (primary N) is 1. The van der Waals surface area contributed by atoms with Crippen LogP contribution in [0.1, 0.15) is 18.2 Å². The van der Waals surface area contributed by atoms with E-state index < -0.39 is 0 Å². The number of hydrogen-bond donors (Lipinski definition) is 1. The predicted octanol–water partition coefficient (Wildman–Crippen LogP) is 1.04. The van der Waals surface area contributed by atoms with Crippen molar-refractivity contribution >= 4 is 35.9 Å². The molecule has 2 aliphatic heterocycles. The molecule has 4 heterocycles. The van der Waals surface area contributed by atoms with E-state index in [0.29, 0.717) is 18.4 Å². The Morgan fingerprint density at radius 2 is 1.96 bits per heavy atom. The lowest BCUT2D eigenvalue weighted by molar-refractivity contribution is 0.0858. The fourth-order valence-corrected chi connectivity index (χ4v) is 3.71. The molecule has 0 aromatic carbocycles. The van der Waals surface area contributed by atoms with Gasteiger partial charge in [-0.1, -0.05) is 0 Å². The molecule has 152 valence electrons. The summed E-state index contributed by atoms with van der Waals surface area (Å²) in [5.41, 5.74) is 7.37. The van der Waals surface area contributed by atoms with Crippen LogP contribution in [0.4, 0.5) is 5.95 Å². The van der Waals surface area contributed by atoms with Gasteiger partial charge in [0.1, 0.15) is 6.10 Å². The van der Waals surface area contributed by atoms with Crippen LogP contribution in [0.3, 0.4) is 0 Å². The maximum atomic E-state index is 6.27. The fourth-order valence-electron chi connectivity index (χ4n) is 3.71. The molecule has 4 rings (SSSR count). The Labute approximate surface area is 182 Å². The summed E-state index contributed by atoms with van der Waals surface area (Å²) in [7, 11) is 1.95. The maximum absolute atomic E-state index is 6.27. The second-order valence-corrected chi connectivity index (χ2v) is 6.94. The number of aliphatic imine (C=N–C) groups is 1. The van der Waals surface area contributed by atoms with Crippen LogP contribution in [0.2, 0.25) is 0 Å². The number of hydrogen-bond acceptors (Lipinski definition) is 6. The standard InChI is InChI=1S/C18H26N8O.HI/c1-24-15(3-7-23-24)16-14(4-12-27-16)13-22-17(19)25-8-10-26(11-9-25)18-20-5-2-6-21-18;/h2-3,5-7,14,16H,4,8-13H2,1H3,(H2,19,22);1H/t14-,16+;/m0./s1. The van der Waals surface area contributed by atoms with Gasteiger partial charge in [-0.05, 0) is 18.6 Å². The van der Waals surface area contributed by atoms with Crippen molar-refractivity contribution in [3.8, 4) is 0 Å². The highest BCUT2D eigenvalue weighted by Gasteiger charge is 2.31. The number of aryl methyl sites for hydroxylation is 1. The Morgan fingerprint density at radius 1 is 1.21 bits per heavy atom. The number of nitrogens with zero attached hydrogens (tertiary/aromatic N) is 7. The monoisotopic (exact) mass is 498 g/mol. The van der Waals surface area contributed by atoms with E-state index in [4.69, 9.17) is 10.5 Å². The van der Waals surface area contributed by atoms with Crippen molar-refractivity contribution in [3.05, 3.63) is 36.4 Å². The molecule has 0 aliphatic carbocycles. The molecule has 9 nitrogen and oxygen atoms in total. The van der Waals surface area contributed by atoms with Gasteiger partial charge in [-0.15, -0.1) is 24.0 Å². The van der Waals surface area contributed by atoms with Crippen LogP contribution in [0.25, 0.3) is 0 Å². The fraction of sp³-hybridized carbons (Fsp3) is 0.556. The molecule has 2 aromatic rings. The highest BCUT2D eigenvalue weighted by Crippen LogP contribution is 2.34. The first-order chi connectivity index (χ1) is 13.2. The molecule has 2 atom stereocenters. The zero-order chi connectivity index (χ0) is 18.6. The number of halogens is 1. The van der Waals surface area contributed by atoms with Crippen LogP contribution < -0.4 is 10.6 Å². The van der Waals surface area contributed by atoms with Crippen molar-refractivity contribution in [2.45, 2.75) is 12.5 Å². The van der Waals surface area contributed by atoms with E-state index in [1.807, 2.05) is 30.1 Å². The highest BCUT2D eigenvalue weighted by atomic mass is 127. The van der Waals surface area contributed by atoms with Gasteiger partial charge in [0.15, 0.2) is 5.96 Å². The molecule has 0 bridgehead atoms.